The van der Waals surface area contributed by atoms with Crippen LogP contribution in [0.5, 0.6) is 0 Å². The summed E-state index contributed by atoms with van der Waals surface area (Å²) in [6.45, 7) is 5.88. The van der Waals surface area contributed by atoms with Crippen LogP contribution < -0.4 is 0 Å². The summed E-state index contributed by atoms with van der Waals surface area (Å²) in [5.41, 5.74) is 2.25. The van der Waals surface area contributed by atoms with Gasteiger partial charge in [0.2, 0.25) is 5.91 Å². The van der Waals surface area contributed by atoms with Gasteiger partial charge in [-0.05, 0) is 57.9 Å². The number of carbonyl (C=O) groups is 1. The number of aromatic nitrogens is 2. The topological polar surface area (TPSA) is 38.1 Å². The van der Waals surface area contributed by atoms with Crippen molar-refractivity contribution in [3.63, 3.8) is 0 Å². The third-order valence-electron chi connectivity index (χ3n) is 4.98. The maximum Gasteiger partial charge on any atom is 0.223 e. The zero-order valence-corrected chi connectivity index (χ0v) is 13.8. The van der Waals surface area contributed by atoms with E-state index >= 15 is 0 Å². The van der Waals surface area contributed by atoms with Crippen LogP contribution in [0.3, 0.4) is 0 Å². The Morgan fingerprint density at radius 2 is 2.18 bits per heavy atom. The fourth-order valence-electron chi connectivity index (χ4n) is 3.78. The van der Waals surface area contributed by atoms with Gasteiger partial charge < -0.3 is 4.90 Å². The third kappa shape index (κ3) is 3.42. The zero-order chi connectivity index (χ0) is 15.5. The Bertz CT molecular complexity index is 561. The first-order chi connectivity index (χ1) is 10.6. The minimum atomic E-state index is 0.310. The highest BCUT2D eigenvalue weighted by Gasteiger charge is 2.28. The molecule has 4 nitrogen and oxygen atoms in total. The molecule has 1 aliphatic heterocycles. The molecule has 2 heterocycles. The second-order valence-corrected chi connectivity index (χ2v) is 6.82. The van der Waals surface area contributed by atoms with Gasteiger partial charge in [0.05, 0.1) is 18.3 Å². The van der Waals surface area contributed by atoms with E-state index in [1.807, 2.05) is 6.92 Å². The molecule has 0 saturated carbocycles. The molecule has 2 aliphatic rings. The van der Waals surface area contributed by atoms with E-state index in [0.717, 1.165) is 44.5 Å². The Hall–Kier alpha value is -1.58. The van der Waals surface area contributed by atoms with Crippen LogP contribution in [-0.2, 0) is 11.3 Å². The van der Waals surface area contributed by atoms with E-state index in [4.69, 9.17) is 0 Å². The summed E-state index contributed by atoms with van der Waals surface area (Å²) in [5, 5.41) is 4.57. The fourth-order valence-corrected chi connectivity index (χ4v) is 3.78. The average Bonchev–Trinajstić information content (AvgIpc) is 3.10. The summed E-state index contributed by atoms with van der Waals surface area (Å²) >= 11 is 0. The van der Waals surface area contributed by atoms with Gasteiger partial charge in [-0.3, -0.25) is 9.48 Å². The number of likely N-dealkylation sites (tertiary alicyclic amines) is 1. The normalized spacial score (nSPS) is 24.9. The van der Waals surface area contributed by atoms with Crippen LogP contribution in [0.2, 0.25) is 0 Å². The SMILES string of the molecule is Cc1cc(C)n(C[C@@H]2CCCCN2C(=O)C[C@@H]2C=CCC2)n1. The van der Waals surface area contributed by atoms with Crippen molar-refractivity contribution in [2.45, 2.75) is 65.0 Å². The Morgan fingerprint density at radius 3 is 2.86 bits per heavy atom. The second kappa shape index (κ2) is 6.67. The summed E-state index contributed by atoms with van der Waals surface area (Å²) in [5.74, 6) is 0.798. The molecule has 0 unspecified atom stereocenters. The summed E-state index contributed by atoms with van der Waals surface area (Å²) in [6.07, 6.45) is 10.8. The van der Waals surface area contributed by atoms with E-state index in [1.165, 1.54) is 12.1 Å². The summed E-state index contributed by atoms with van der Waals surface area (Å²) in [7, 11) is 0. The predicted octanol–water partition coefficient (Wildman–Crippen LogP) is 3.24. The van der Waals surface area contributed by atoms with Crippen LogP contribution in [-0.4, -0.2) is 33.2 Å². The van der Waals surface area contributed by atoms with E-state index in [1.54, 1.807) is 0 Å². The van der Waals surface area contributed by atoms with Gasteiger partial charge in [-0.2, -0.15) is 5.10 Å². The molecule has 2 atom stereocenters. The van der Waals surface area contributed by atoms with Crippen LogP contribution in [0.15, 0.2) is 18.2 Å². The molecule has 0 spiro atoms. The van der Waals surface area contributed by atoms with Crippen LogP contribution >= 0.6 is 0 Å². The molecule has 1 aliphatic carbocycles. The minimum absolute atomic E-state index is 0.310. The summed E-state index contributed by atoms with van der Waals surface area (Å²) in [6, 6.07) is 2.42. The van der Waals surface area contributed by atoms with Crippen molar-refractivity contribution >= 4 is 5.91 Å². The molecule has 0 aromatic carbocycles. The number of hydrogen-bond donors (Lipinski definition) is 0. The second-order valence-electron chi connectivity index (χ2n) is 6.82. The lowest BCUT2D eigenvalue weighted by molar-refractivity contribution is -0.136. The fraction of sp³-hybridized carbons (Fsp3) is 0.667. The lowest BCUT2D eigenvalue weighted by atomic mass is 9.98. The number of nitrogens with zero attached hydrogens (tertiary/aromatic N) is 3. The van der Waals surface area contributed by atoms with Gasteiger partial charge in [-0.15, -0.1) is 0 Å². The Labute approximate surface area is 133 Å². The van der Waals surface area contributed by atoms with E-state index in [2.05, 4.69) is 39.8 Å². The molecule has 1 aromatic rings. The number of rotatable bonds is 4. The molecule has 1 aromatic heterocycles. The van der Waals surface area contributed by atoms with E-state index < -0.39 is 0 Å². The molecule has 3 rings (SSSR count). The quantitative estimate of drug-likeness (QED) is 0.801. The van der Waals surface area contributed by atoms with Crippen LogP contribution in [0, 0.1) is 19.8 Å². The van der Waals surface area contributed by atoms with Gasteiger partial charge in [0.1, 0.15) is 0 Å². The lowest BCUT2D eigenvalue weighted by Crippen LogP contribution is -2.46. The number of piperidine rings is 1. The molecule has 0 radical (unpaired) electrons. The van der Waals surface area contributed by atoms with Gasteiger partial charge in [-0.1, -0.05) is 12.2 Å². The highest BCUT2D eigenvalue weighted by molar-refractivity contribution is 5.77. The van der Waals surface area contributed by atoms with Crippen molar-refractivity contribution < 1.29 is 4.79 Å². The molecule has 22 heavy (non-hydrogen) atoms. The first kappa shape index (κ1) is 15.3. The smallest absolute Gasteiger partial charge is 0.223 e. The van der Waals surface area contributed by atoms with E-state index in [9.17, 15) is 4.79 Å². The molecule has 120 valence electrons. The van der Waals surface area contributed by atoms with Gasteiger partial charge >= 0.3 is 0 Å². The van der Waals surface area contributed by atoms with Crippen molar-refractivity contribution in [2.24, 2.45) is 5.92 Å². The first-order valence-electron chi connectivity index (χ1n) is 8.60. The molecule has 0 bridgehead atoms. The minimum Gasteiger partial charge on any atom is -0.338 e. The highest BCUT2D eigenvalue weighted by atomic mass is 16.2. The largest absolute Gasteiger partial charge is 0.338 e. The molecule has 1 saturated heterocycles. The van der Waals surface area contributed by atoms with Gasteiger partial charge in [0, 0.05) is 18.7 Å². The number of hydrogen-bond acceptors (Lipinski definition) is 2. The van der Waals surface area contributed by atoms with Gasteiger partial charge in [0.15, 0.2) is 0 Å². The maximum absolute atomic E-state index is 12.7. The number of aryl methyl sites for hydroxylation is 2. The van der Waals surface area contributed by atoms with Crippen LogP contribution in [0.25, 0.3) is 0 Å². The molecule has 1 amide bonds. The Morgan fingerprint density at radius 1 is 1.32 bits per heavy atom. The monoisotopic (exact) mass is 301 g/mol. The lowest BCUT2D eigenvalue weighted by Gasteiger charge is -2.36. The average molecular weight is 301 g/mol. The number of carbonyl (C=O) groups excluding carboxylic acids is 1. The predicted molar refractivity (Wildman–Crippen MR) is 87.5 cm³/mol. The third-order valence-corrected chi connectivity index (χ3v) is 4.98. The Kier molecular flexibility index (Phi) is 4.65. The molecular formula is C18H27N3O. The summed E-state index contributed by atoms with van der Waals surface area (Å²) < 4.78 is 2.07. The van der Waals surface area contributed by atoms with Crippen molar-refractivity contribution in [1.82, 2.24) is 14.7 Å². The van der Waals surface area contributed by atoms with Crippen LogP contribution in [0.1, 0.15) is 49.9 Å². The van der Waals surface area contributed by atoms with Gasteiger partial charge in [-0.25, -0.2) is 0 Å². The zero-order valence-electron chi connectivity index (χ0n) is 13.8. The van der Waals surface area contributed by atoms with Crippen molar-refractivity contribution in [1.29, 1.82) is 0 Å². The van der Waals surface area contributed by atoms with E-state index in [0.29, 0.717) is 24.3 Å². The maximum atomic E-state index is 12.7. The molecule has 0 N–H and O–H groups in total. The number of allylic oxidation sites excluding steroid dienone is 2. The van der Waals surface area contributed by atoms with Crippen molar-refractivity contribution in [3.8, 4) is 0 Å². The Balaban J connectivity index is 1.66. The summed E-state index contributed by atoms with van der Waals surface area (Å²) in [4.78, 5) is 14.8. The number of amides is 1. The van der Waals surface area contributed by atoms with Crippen molar-refractivity contribution in [2.75, 3.05) is 6.54 Å². The molecule has 1 fully saturated rings. The first-order valence-corrected chi connectivity index (χ1v) is 8.60. The highest BCUT2D eigenvalue weighted by Crippen LogP contribution is 2.25. The van der Waals surface area contributed by atoms with Crippen molar-refractivity contribution in [3.05, 3.63) is 29.6 Å². The van der Waals surface area contributed by atoms with E-state index in [-0.39, 0.29) is 0 Å². The standard InChI is InChI=1S/C18H27N3O/c1-14-11-15(2)21(19-14)13-17-9-5-6-10-20(17)18(22)12-16-7-3-4-8-16/h3,7,11,16-17H,4-6,8-10,12-13H2,1-2H3/t16-,17+/m1/s1. The molecule has 4 heteroatoms. The van der Waals surface area contributed by atoms with Crippen LogP contribution in [0.4, 0.5) is 0 Å². The molecular weight excluding hydrogens is 274 g/mol. The van der Waals surface area contributed by atoms with Gasteiger partial charge in [0.25, 0.3) is 0 Å².